The van der Waals surface area contributed by atoms with Crippen LogP contribution in [0.15, 0.2) is 60.7 Å². The van der Waals surface area contributed by atoms with E-state index in [1.165, 1.54) is 17.5 Å². The van der Waals surface area contributed by atoms with Crippen LogP contribution in [0.1, 0.15) is 30.4 Å². The minimum absolute atomic E-state index is 0.0900. The third-order valence-electron chi connectivity index (χ3n) is 7.78. The van der Waals surface area contributed by atoms with Gasteiger partial charge >= 0.3 is 0 Å². The molecule has 0 spiro atoms. The quantitative estimate of drug-likeness (QED) is 0.679. The van der Waals surface area contributed by atoms with Crippen molar-refractivity contribution in [3.63, 3.8) is 0 Å². The van der Waals surface area contributed by atoms with Crippen molar-refractivity contribution in [2.45, 2.75) is 62.4 Å². The first kappa shape index (κ1) is 23.0. The average Bonchev–Trinajstić information content (AvgIpc) is 3.35. The van der Waals surface area contributed by atoms with Gasteiger partial charge in [-0.2, -0.15) is 0 Å². The number of ether oxygens (including phenoxy) is 2. The number of aliphatic hydroxyl groups is 1. The van der Waals surface area contributed by atoms with Gasteiger partial charge in [0, 0.05) is 37.8 Å². The molecule has 0 aromatic heterocycles. The first-order valence-electron chi connectivity index (χ1n) is 12.7. The Morgan fingerprint density at radius 2 is 1.55 bits per heavy atom. The number of nitrogens with zero attached hydrogens (tertiary/aromatic N) is 1. The summed E-state index contributed by atoms with van der Waals surface area (Å²) >= 11 is 0. The van der Waals surface area contributed by atoms with Gasteiger partial charge in [0.1, 0.15) is 0 Å². The molecule has 2 heterocycles. The lowest BCUT2D eigenvalue weighted by atomic mass is 9.98. The standard InChI is InChI=1S/C28H38N2O3/c31-18-23-11-12-25(15-23)30-17-28(33-20-26(30)14-22-9-5-2-6-10-22)27-16-29-24(19-32-27)13-21-7-3-1-4-8-21/h1-10,23-29,31H,11-20H2/t23-,24+,25+,26+,27+,28+/m1/s1. The highest BCUT2D eigenvalue weighted by Crippen LogP contribution is 2.33. The van der Waals surface area contributed by atoms with E-state index in [4.69, 9.17) is 9.47 Å². The van der Waals surface area contributed by atoms with Gasteiger partial charge in [-0.25, -0.2) is 0 Å². The lowest BCUT2D eigenvalue weighted by Crippen LogP contribution is -2.60. The van der Waals surface area contributed by atoms with Crippen LogP contribution in [0, 0.1) is 5.92 Å². The second kappa shape index (κ2) is 11.1. The Hall–Kier alpha value is -1.76. The fourth-order valence-electron chi connectivity index (χ4n) is 5.90. The summed E-state index contributed by atoms with van der Waals surface area (Å²) in [7, 11) is 0. The van der Waals surface area contributed by atoms with Crippen LogP contribution in [0.5, 0.6) is 0 Å². The third-order valence-corrected chi connectivity index (χ3v) is 7.78. The van der Waals surface area contributed by atoms with E-state index in [0.29, 0.717) is 30.7 Å². The molecule has 2 aromatic rings. The van der Waals surface area contributed by atoms with Gasteiger partial charge in [-0.3, -0.25) is 4.90 Å². The maximum absolute atomic E-state index is 9.70. The number of benzene rings is 2. The second-order valence-electron chi connectivity index (χ2n) is 10.1. The van der Waals surface area contributed by atoms with Gasteiger partial charge in [0.05, 0.1) is 25.4 Å². The SMILES string of the molecule is OC[C@@H]1CC[C@H](N2C[C@@H]([C@@H]3CN[C@@H](Cc4ccccc4)CO3)OC[C@@H]2Cc2ccccc2)C1. The zero-order chi connectivity index (χ0) is 22.5. The Morgan fingerprint density at radius 1 is 0.848 bits per heavy atom. The highest BCUT2D eigenvalue weighted by molar-refractivity contribution is 5.17. The van der Waals surface area contributed by atoms with E-state index in [1.54, 1.807) is 0 Å². The van der Waals surface area contributed by atoms with E-state index in [9.17, 15) is 5.11 Å². The van der Waals surface area contributed by atoms with Gasteiger partial charge in [-0.05, 0) is 49.1 Å². The van der Waals surface area contributed by atoms with Crippen molar-refractivity contribution in [1.82, 2.24) is 10.2 Å². The molecule has 0 radical (unpaired) electrons. The third kappa shape index (κ3) is 5.84. The monoisotopic (exact) mass is 450 g/mol. The summed E-state index contributed by atoms with van der Waals surface area (Å²) in [5.41, 5.74) is 2.71. The molecule has 3 aliphatic rings. The Labute approximate surface area is 198 Å². The average molecular weight is 451 g/mol. The molecule has 0 amide bonds. The van der Waals surface area contributed by atoms with E-state index < -0.39 is 0 Å². The van der Waals surface area contributed by atoms with E-state index in [2.05, 4.69) is 70.9 Å². The van der Waals surface area contributed by atoms with Crippen molar-refractivity contribution >= 4 is 0 Å². The molecule has 6 atom stereocenters. The van der Waals surface area contributed by atoms with Crippen LogP contribution < -0.4 is 5.32 Å². The lowest BCUT2D eigenvalue weighted by Gasteiger charge is -2.46. The Morgan fingerprint density at radius 3 is 2.18 bits per heavy atom. The molecule has 33 heavy (non-hydrogen) atoms. The van der Waals surface area contributed by atoms with Gasteiger partial charge in [0.25, 0.3) is 0 Å². The summed E-state index contributed by atoms with van der Waals surface area (Å²) in [5.74, 6) is 0.444. The Kier molecular flexibility index (Phi) is 7.74. The van der Waals surface area contributed by atoms with Gasteiger partial charge in [-0.15, -0.1) is 0 Å². The van der Waals surface area contributed by atoms with Gasteiger partial charge in [-0.1, -0.05) is 60.7 Å². The van der Waals surface area contributed by atoms with Crippen LogP contribution in [0.4, 0.5) is 0 Å². The number of hydrogen-bond acceptors (Lipinski definition) is 5. The fourth-order valence-corrected chi connectivity index (χ4v) is 5.90. The lowest BCUT2D eigenvalue weighted by molar-refractivity contribution is -0.148. The molecular weight excluding hydrogens is 412 g/mol. The van der Waals surface area contributed by atoms with Gasteiger partial charge < -0.3 is 19.9 Å². The summed E-state index contributed by atoms with van der Waals surface area (Å²) in [5, 5.41) is 13.4. The van der Waals surface area contributed by atoms with E-state index >= 15 is 0 Å². The predicted octanol–water partition coefficient (Wildman–Crippen LogP) is 3.06. The molecule has 0 bridgehead atoms. The first-order chi connectivity index (χ1) is 16.3. The molecule has 2 aliphatic heterocycles. The summed E-state index contributed by atoms with van der Waals surface area (Å²) in [6, 6.07) is 22.7. The zero-order valence-electron chi connectivity index (χ0n) is 19.5. The Balaban J connectivity index is 1.20. The normalized spacial score (nSPS) is 33.2. The van der Waals surface area contributed by atoms with Crippen LogP contribution in [0.3, 0.4) is 0 Å². The number of hydrogen-bond donors (Lipinski definition) is 2. The summed E-state index contributed by atoms with van der Waals surface area (Å²) in [4.78, 5) is 2.69. The Bertz CT molecular complexity index is 841. The molecule has 1 aliphatic carbocycles. The first-order valence-corrected chi connectivity index (χ1v) is 12.7. The number of morpholine rings is 2. The van der Waals surface area contributed by atoms with Crippen LogP contribution in [0.2, 0.25) is 0 Å². The highest BCUT2D eigenvalue weighted by atomic mass is 16.5. The molecule has 1 saturated carbocycles. The molecule has 2 aromatic carbocycles. The number of aliphatic hydroxyl groups excluding tert-OH is 1. The maximum Gasteiger partial charge on any atom is 0.0976 e. The predicted molar refractivity (Wildman–Crippen MR) is 130 cm³/mol. The topological polar surface area (TPSA) is 54.0 Å². The molecule has 3 fully saturated rings. The van der Waals surface area contributed by atoms with E-state index in [1.807, 2.05) is 0 Å². The van der Waals surface area contributed by atoms with Crippen LogP contribution in [-0.2, 0) is 22.3 Å². The van der Waals surface area contributed by atoms with Crippen LogP contribution >= 0.6 is 0 Å². The minimum Gasteiger partial charge on any atom is -0.396 e. The molecule has 2 saturated heterocycles. The highest BCUT2D eigenvalue weighted by Gasteiger charge is 2.40. The van der Waals surface area contributed by atoms with Crippen molar-refractivity contribution in [2.24, 2.45) is 5.92 Å². The van der Waals surface area contributed by atoms with E-state index in [-0.39, 0.29) is 12.2 Å². The van der Waals surface area contributed by atoms with Crippen molar-refractivity contribution in [1.29, 1.82) is 0 Å². The van der Waals surface area contributed by atoms with Gasteiger partial charge in [0.2, 0.25) is 0 Å². The molecular formula is C28H38N2O3. The maximum atomic E-state index is 9.70. The molecule has 5 nitrogen and oxygen atoms in total. The zero-order valence-corrected chi connectivity index (χ0v) is 19.5. The van der Waals surface area contributed by atoms with Crippen molar-refractivity contribution in [3.8, 4) is 0 Å². The molecule has 2 N–H and O–H groups in total. The smallest absolute Gasteiger partial charge is 0.0976 e. The second-order valence-corrected chi connectivity index (χ2v) is 10.1. The van der Waals surface area contributed by atoms with Crippen molar-refractivity contribution in [2.75, 3.05) is 32.9 Å². The molecule has 5 heteroatoms. The summed E-state index contributed by atoms with van der Waals surface area (Å²) in [6.45, 7) is 3.53. The molecule has 0 unspecified atom stereocenters. The largest absolute Gasteiger partial charge is 0.396 e. The summed E-state index contributed by atoms with van der Waals surface area (Å²) < 4.78 is 12.8. The fraction of sp³-hybridized carbons (Fsp3) is 0.571. The van der Waals surface area contributed by atoms with Crippen molar-refractivity contribution in [3.05, 3.63) is 71.8 Å². The van der Waals surface area contributed by atoms with Gasteiger partial charge in [0.15, 0.2) is 0 Å². The van der Waals surface area contributed by atoms with Crippen LogP contribution in [-0.4, -0.2) is 73.3 Å². The van der Waals surface area contributed by atoms with E-state index in [0.717, 1.165) is 52.0 Å². The summed E-state index contributed by atoms with van der Waals surface area (Å²) in [6.07, 6.45) is 5.59. The molecule has 178 valence electrons. The minimum atomic E-state index is 0.0900. The number of nitrogens with one attached hydrogen (secondary N) is 1. The van der Waals surface area contributed by atoms with Crippen LogP contribution in [0.25, 0.3) is 0 Å². The number of rotatable bonds is 7. The molecule has 5 rings (SSSR count). The van der Waals surface area contributed by atoms with Crippen molar-refractivity contribution < 1.29 is 14.6 Å².